The van der Waals surface area contributed by atoms with E-state index in [0.717, 1.165) is 15.9 Å². The molecule has 1 N–H and O–H groups in total. The highest BCUT2D eigenvalue weighted by Crippen LogP contribution is 2.35. The number of anilines is 1. The lowest BCUT2D eigenvalue weighted by molar-refractivity contribution is -0.141. The second-order valence-corrected chi connectivity index (χ2v) is 6.96. The molecule has 0 atom stereocenters. The Labute approximate surface area is 170 Å². The molecule has 1 aromatic carbocycles. The standard InChI is InChI=1S/C19H19ClF3N5O/c1-12-10-15(25-28(12)11-14-6-4-3-5-7-14)24-16(29)8-9-27-13(2)17(20)18(26-27)19(21,22)23/h3-7,10H,8-9,11H2,1-2H3,(H,24,25,29). The van der Waals surface area contributed by atoms with Gasteiger partial charge in [0.2, 0.25) is 5.91 Å². The maximum atomic E-state index is 12.9. The smallest absolute Gasteiger partial charge is 0.309 e. The predicted molar refractivity (Wildman–Crippen MR) is 103 cm³/mol. The predicted octanol–water partition coefficient (Wildman–Crippen LogP) is 4.45. The monoisotopic (exact) mass is 425 g/mol. The Morgan fingerprint density at radius 3 is 2.45 bits per heavy atom. The van der Waals surface area contributed by atoms with Gasteiger partial charge in [-0.3, -0.25) is 14.2 Å². The second-order valence-electron chi connectivity index (χ2n) is 6.58. The first-order valence-electron chi connectivity index (χ1n) is 8.83. The summed E-state index contributed by atoms with van der Waals surface area (Å²) in [5.74, 6) is 0.00331. The molecule has 154 valence electrons. The Morgan fingerprint density at radius 1 is 1.14 bits per heavy atom. The van der Waals surface area contributed by atoms with Gasteiger partial charge in [-0.1, -0.05) is 41.9 Å². The molecule has 0 aliphatic rings. The zero-order valence-electron chi connectivity index (χ0n) is 15.8. The van der Waals surface area contributed by atoms with Crippen molar-refractivity contribution in [2.75, 3.05) is 5.32 Å². The first kappa shape index (κ1) is 20.9. The van der Waals surface area contributed by atoms with Crippen molar-refractivity contribution in [2.45, 2.75) is 39.5 Å². The Bertz CT molecular complexity index is 1010. The van der Waals surface area contributed by atoms with Gasteiger partial charge in [0.1, 0.15) is 0 Å². The van der Waals surface area contributed by atoms with Crippen molar-refractivity contribution < 1.29 is 18.0 Å². The molecule has 0 radical (unpaired) electrons. The summed E-state index contributed by atoms with van der Waals surface area (Å²) in [6, 6.07) is 11.5. The van der Waals surface area contributed by atoms with Crippen LogP contribution in [0, 0.1) is 13.8 Å². The topological polar surface area (TPSA) is 64.7 Å². The van der Waals surface area contributed by atoms with Crippen molar-refractivity contribution in [2.24, 2.45) is 0 Å². The summed E-state index contributed by atoms with van der Waals surface area (Å²) in [6.07, 6.45) is -4.71. The number of aryl methyl sites for hydroxylation is 2. The highest BCUT2D eigenvalue weighted by atomic mass is 35.5. The molecule has 0 bridgehead atoms. The van der Waals surface area contributed by atoms with Gasteiger partial charge in [-0.05, 0) is 19.4 Å². The van der Waals surface area contributed by atoms with Crippen LogP contribution in [0.3, 0.4) is 0 Å². The fraction of sp³-hybridized carbons (Fsp3) is 0.316. The maximum Gasteiger partial charge on any atom is 0.436 e. The van der Waals surface area contributed by atoms with Crippen molar-refractivity contribution >= 4 is 23.3 Å². The van der Waals surface area contributed by atoms with Gasteiger partial charge < -0.3 is 5.32 Å². The summed E-state index contributed by atoms with van der Waals surface area (Å²) < 4.78 is 41.5. The summed E-state index contributed by atoms with van der Waals surface area (Å²) in [6.45, 7) is 3.83. The summed E-state index contributed by atoms with van der Waals surface area (Å²) in [5, 5.41) is 10.1. The van der Waals surface area contributed by atoms with Gasteiger partial charge in [-0.15, -0.1) is 0 Å². The summed E-state index contributed by atoms with van der Waals surface area (Å²) in [7, 11) is 0. The molecule has 3 aromatic rings. The maximum absolute atomic E-state index is 12.9. The Hall–Kier alpha value is -2.81. The minimum atomic E-state index is -4.64. The van der Waals surface area contributed by atoms with E-state index in [-0.39, 0.29) is 24.6 Å². The first-order valence-corrected chi connectivity index (χ1v) is 9.21. The van der Waals surface area contributed by atoms with Gasteiger partial charge in [-0.25, -0.2) is 0 Å². The molecule has 0 fully saturated rings. The molecule has 29 heavy (non-hydrogen) atoms. The van der Waals surface area contributed by atoms with E-state index >= 15 is 0 Å². The van der Waals surface area contributed by atoms with Crippen molar-refractivity contribution in [1.82, 2.24) is 19.6 Å². The average Bonchev–Trinajstić information content (AvgIpc) is 3.14. The van der Waals surface area contributed by atoms with E-state index in [1.54, 1.807) is 10.7 Å². The van der Waals surface area contributed by atoms with Crippen LogP contribution in [0.5, 0.6) is 0 Å². The minimum Gasteiger partial charge on any atom is -0.309 e. The first-order chi connectivity index (χ1) is 13.6. The van der Waals surface area contributed by atoms with E-state index < -0.39 is 16.9 Å². The van der Waals surface area contributed by atoms with E-state index in [2.05, 4.69) is 15.5 Å². The fourth-order valence-electron chi connectivity index (χ4n) is 2.82. The van der Waals surface area contributed by atoms with E-state index in [4.69, 9.17) is 11.6 Å². The van der Waals surface area contributed by atoms with Crippen molar-refractivity contribution in [1.29, 1.82) is 0 Å². The average molecular weight is 426 g/mol. The van der Waals surface area contributed by atoms with E-state index in [9.17, 15) is 18.0 Å². The highest BCUT2D eigenvalue weighted by molar-refractivity contribution is 6.31. The van der Waals surface area contributed by atoms with E-state index in [1.807, 2.05) is 37.3 Å². The molecule has 2 aromatic heterocycles. The Balaban J connectivity index is 1.61. The number of hydrogen-bond donors (Lipinski definition) is 1. The minimum absolute atomic E-state index is 0.0306. The number of alkyl halides is 3. The number of halogens is 4. The number of aromatic nitrogens is 4. The molecule has 1 amide bonds. The third-order valence-corrected chi connectivity index (χ3v) is 4.83. The van der Waals surface area contributed by atoms with Crippen LogP contribution in [-0.4, -0.2) is 25.5 Å². The molecule has 10 heteroatoms. The number of carbonyl (C=O) groups excluding carboxylic acids is 1. The van der Waals surface area contributed by atoms with Crippen molar-refractivity contribution in [3.8, 4) is 0 Å². The van der Waals surface area contributed by atoms with Crippen LogP contribution in [0.1, 0.15) is 29.1 Å². The second kappa shape index (κ2) is 8.28. The number of nitrogens with zero attached hydrogens (tertiary/aromatic N) is 4. The number of benzene rings is 1. The summed E-state index contributed by atoms with van der Waals surface area (Å²) in [5.41, 5.74) is 0.957. The van der Waals surface area contributed by atoms with Crippen LogP contribution >= 0.6 is 11.6 Å². The van der Waals surface area contributed by atoms with Gasteiger partial charge in [0, 0.05) is 18.2 Å². The van der Waals surface area contributed by atoms with Gasteiger partial charge >= 0.3 is 6.18 Å². The van der Waals surface area contributed by atoms with Crippen LogP contribution in [0.2, 0.25) is 5.02 Å². The van der Waals surface area contributed by atoms with Gasteiger partial charge in [0.15, 0.2) is 11.5 Å². The molecular formula is C19H19ClF3N5O. The lowest BCUT2D eigenvalue weighted by Gasteiger charge is -2.05. The molecule has 0 saturated carbocycles. The quantitative estimate of drug-likeness (QED) is 0.634. The SMILES string of the molecule is Cc1cc(NC(=O)CCn2nc(C(F)(F)F)c(Cl)c2C)nn1Cc1ccccc1. The Kier molecular flexibility index (Phi) is 5.97. The third kappa shape index (κ3) is 4.97. The zero-order valence-corrected chi connectivity index (χ0v) is 16.6. The molecule has 2 heterocycles. The lowest BCUT2D eigenvalue weighted by atomic mass is 10.2. The fourth-order valence-corrected chi connectivity index (χ4v) is 3.07. The number of carbonyl (C=O) groups is 1. The Morgan fingerprint density at radius 2 is 1.83 bits per heavy atom. The molecule has 6 nitrogen and oxygen atoms in total. The third-order valence-electron chi connectivity index (χ3n) is 4.38. The van der Waals surface area contributed by atoms with Gasteiger partial charge in [0.25, 0.3) is 0 Å². The van der Waals surface area contributed by atoms with Crippen LogP contribution in [0.15, 0.2) is 36.4 Å². The largest absolute Gasteiger partial charge is 0.436 e. The number of nitrogens with one attached hydrogen (secondary N) is 1. The van der Waals surface area contributed by atoms with E-state index in [1.165, 1.54) is 6.92 Å². The molecule has 0 unspecified atom stereocenters. The molecule has 0 aliphatic carbocycles. The molecule has 0 aliphatic heterocycles. The molecular weight excluding hydrogens is 407 g/mol. The van der Waals surface area contributed by atoms with Crippen molar-refractivity contribution in [3.05, 3.63) is 64.1 Å². The van der Waals surface area contributed by atoms with Gasteiger partial charge in [-0.2, -0.15) is 23.4 Å². The molecule has 0 saturated heterocycles. The van der Waals surface area contributed by atoms with Crippen LogP contribution < -0.4 is 5.32 Å². The highest BCUT2D eigenvalue weighted by Gasteiger charge is 2.38. The normalized spacial score (nSPS) is 11.7. The van der Waals surface area contributed by atoms with Crippen molar-refractivity contribution in [3.63, 3.8) is 0 Å². The summed E-state index contributed by atoms with van der Waals surface area (Å²) in [4.78, 5) is 12.2. The zero-order chi connectivity index (χ0) is 21.2. The van der Waals surface area contributed by atoms with Crippen LogP contribution in [0.25, 0.3) is 0 Å². The molecule has 3 rings (SSSR count). The van der Waals surface area contributed by atoms with Crippen LogP contribution in [-0.2, 0) is 24.1 Å². The molecule has 0 spiro atoms. The van der Waals surface area contributed by atoms with Crippen LogP contribution in [0.4, 0.5) is 19.0 Å². The van der Waals surface area contributed by atoms with Gasteiger partial charge in [0.05, 0.1) is 23.8 Å². The lowest BCUT2D eigenvalue weighted by Crippen LogP contribution is -2.16. The number of amides is 1. The number of rotatable bonds is 6. The van der Waals surface area contributed by atoms with E-state index in [0.29, 0.717) is 12.4 Å². The summed E-state index contributed by atoms with van der Waals surface area (Å²) >= 11 is 5.71. The number of hydrogen-bond acceptors (Lipinski definition) is 3.